The second-order valence-corrected chi connectivity index (χ2v) is 7.92. The van der Waals surface area contributed by atoms with Crippen molar-refractivity contribution in [2.45, 2.75) is 39.2 Å². The van der Waals surface area contributed by atoms with E-state index in [1.807, 2.05) is 60.4 Å². The van der Waals surface area contributed by atoms with Crippen LogP contribution in [0, 0.1) is 0 Å². The van der Waals surface area contributed by atoms with Gasteiger partial charge in [0.2, 0.25) is 0 Å². The Hall–Kier alpha value is -2.53. The molecule has 1 heterocycles. The van der Waals surface area contributed by atoms with Gasteiger partial charge in [0.25, 0.3) is 5.91 Å². The van der Waals surface area contributed by atoms with Crippen molar-refractivity contribution in [2.75, 3.05) is 26.2 Å². The minimum absolute atomic E-state index is 0.138. The van der Waals surface area contributed by atoms with Crippen LogP contribution in [0.3, 0.4) is 0 Å². The number of halogens is 1. The number of nitrogens with zero attached hydrogens (tertiary/aromatic N) is 2. The molecule has 1 saturated heterocycles. The summed E-state index contributed by atoms with van der Waals surface area (Å²) in [7, 11) is 0. The van der Waals surface area contributed by atoms with Gasteiger partial charge in [0.1, 0.15) is 0 Å². The monoisotopic (exact) mass is 426 g/mol. The van der Waals surface area contributed by atoms with Crippen molar-refractivity contribution < 1.29 is 4.79 Å². The Morgan fingerprint density at radius 2 is 1.77 bits per heavy atom. The Bertz CT molecular complexity index is 845. The Balaban J connectivity index is 1.53. The molecule has 0 spiro atoms. The van der Waals surface area contributed by atoms with Gasteiger partial charge in [-0.25, -0.2) is 4.99 Å². The van der Waals surface area contributed by atoms with E-state index in [4.69, 9.17) is 11.6 Å². The summed E-state index contributed by atoms with van der Waals surface area (Å²) in [4.78, 5) is 19.2. The molecule has 1 aliphatic heterocycles. The molecule has 1 amide bonds. The smallest absolute Gasteiger partial charge is 0.253 e. The maximum atomic E-state index is 12.6. The van der Waals surface area contributed by atoms with Crippen LogP contribution in [0.1, 0.15) is 47.7 Å². The van der Waals surface area contributed by atoms with Gasteiger partial charge in [-0.05, 0) is 61.9 Å². The third-order valence-electron chi connectivity index (χ3n) is 5.25. The van der Waals surface area contributed by atoms with Crippen LogP contribution in [0.25, 0.3) is 0 Å². The van der Waals surface area contributed by atoms with Gasteiger partial charge in [0, 0.05) is 36.8 Å². The number of benzene rings is 2. The van der Waals surface area contributed by atoms with Gasteiger partial charge in [-0.1, -0.05) is 41.9 Å². The molecule has 1 fully saturated rings. The van der Waals surface area contributed by atoms with Crippen molar-refractivity contribution in [1.82, 2.24) is 15.5 Å². The van der Waals surface area contributed by atoms with E-state index < -0.39 is 0 Å². The first kappa shape index (κ1) is 22.2. The van der Waals surface area contributed by atoms with Gasteiger partial charge < -0.3 is 15.5 Å². The Morgan fingerprint density at radius 1 is 1.03 bits per heavy atom. The molecule has 0 atom stereocenters. The molecule has 5 nitrogen and oxygen atoms in total. The van der Waals surface area contributed by atoms with Gasteiger partial charge >= 0.3 is 0 Å². The molecule has 3 rings (SSSR count). The highest BCUT2D eigenvalue weighted by atomic mass is 35.5. The number of rotatable bonds is 7. The lowest BCUT2D eigenvalue weighted by Crippen LogP contribution is -2.38. The quantitative estimate of drug-likeness (QED) is 0.513. The van der Waals surface area contributed by atoms with Crippen LogP contribution in [0.15, 0.2) is 53.5 Å². The zero-order valence-corrected chi connectivity index (χ0v) is 18.4. The zero-order chi connectivity index (χ0) is 21.2. The number of carbonyl (C=O) groups excluding carboxylic acids is 1. The van der Waals surface area contributed by atoms with Gasteiger partial charge in [0.15, 0.2) is 5.96 Å². The number of hydrogen-bond acceptors (Lipinski definition) is 2. The molecule has 6 heteroatoms. The SMILES string of the molecule is CCNC(=NCc1ccc(C(=O)N2CCCCC2)cc1)NCCc1ccccc1Cl. The van der Waals surface area contributed by atoms with Crippen molar-refractivity contribution >= 4 is 23.5 Å². The van der Waals surface area contributed by atoms with E-state index in [0.717, 1.165) is 73.1 Å². The van der Waals surface area contributed by atoms with E-state index >= 15 is 0 Å². The summed E-state index contributed by atoms with van der Waals surface area (Å²) >= 11 is 6.23. The molecule has 30 heavy (non-hydrogen) atoms. The van der Waals surface area contributed by atoms with Crippen LogP contribution in [0.4, 0.5) is 0 Å². The van der Waals surface area contributed by atoms with E-state index in [1.165, 1.54) is 6.42 Å². The van der Waals surface area contributed by atoms with Crippen LogP contribution in [-0.4, -0.2) is 42.9 Å². The van der Waals surface area contributed by atoms with E-state index in [-0.39, 0.29) is 5.91 Å². The first-order valence-electron chi connectivity index (χ1n) is 10.8. The standard InChI is InChI=1S/C24H31ClN4O/c1-2-26-24(27-15-14-20-8-4-5-9-22(20)25)28-18-19-10-12-21(13-11-19)23(30)29-16-6-3-7-17-29/h4-5,8-13H,2-3,6-7,14-18H2,1H3,(H2,26,27,28). The fourth-order valence-electron chi connectivity index (χ4n) is 3.56. The number of piperidine rings is 1. The number of amides is 1. The minimum Gasteiger partial charge on any atom is -0.357 e. The van der Waals surface area contributed by atoms with Crippen molar-refractivity contribution in [3.05, 3.63) is 70.2 Å². The van der Waals surface area contributed by atoms with Crippen molar-refractivity contribution in [3.8, 4) is 0 Å². The third kappa shape index (κ3) is 6.49. The summed E-state index contributed by atoms with van der Waals surface area (Å²) in [6.45, 7) is 5.89. The third-order valence-corrected chi connectivity index (χ3v) is 5.62. The molecule has 2 aromatic rings. The summed E-state index contributed by atoms with van der Waals surface area (Å²) in [5.41, 5.74) is 2.96. The second-order valence-electron chi connectivity index (χ2n) is 7.51. The average molecular weight is 427 g/mol. The number of likely N-dealkylation sites (tertiary alicyclic amines) is 1. The normalized spacial score (nSPS) is 14.5. The maximum Gasteiger partial charge on any atom is 0.253 e. The fraction of sp³-hybridized carbons (Fsp3) is 0.417. The van der Waals surface area contributed by atoms with Gasteiger partial charge in [-0.3, -0.25) is 4.79 Å². The average Bonchev–Trinajstić information content (AvgIpc) is 2.79. The molecular formula is C24H31ClN4O. The molecule has 160 valence electrons. The van der Waals surface area contributed by atoms with Gasteiger partial charge in [0.05, 0.1) is 6.54 Å². The van der Waals surface area contributed by atoms with Crippen LogP contribution in [0.2, 0.25) is 5.02 Å². The first-order chi connectivity index (χ1) is 14.7. The van der Waals surface area contributed by atoms with E-state index in [1.54, 1.807) is 0 Å². The Morgan fingerprint density at radius 3 is 2.47 bits per heavy atom. The van der Waals surface area contributed by atoms with E-state index in [2.05, 4.69) is 15.6 Å². The lowest BCUT2D eigenvalue weighted by Gasteiger charge is -2.26. The number of carbonyl (C=O) groups is 1. The first-order valence-corrected chi connectivity index (χ1v) is 11.2. The molecule has 0 radical (unpaired) electrons. The van der Waals surface area contributed by atoms with Crippen LogP contribution >= 0.6 is 11.6 Å². The predicted octanol–water partition coefficient (Wildman–Crippen LogP) is 4.26. The number of guanidine groups is 1. The number of aliphatic imine (C=N–C) groups is 1. The summed E-state index contributed by atoms with van der Waals surface area (Å²) < 4.78 is 0. The molecule has 0 aromatic heterocycles. The molecule has 0 unspecified atom stereocenters. The molecule has 2 N–H and O–H groups in total. The summed E-state index contributed by atoms with van der Waals surface area (Å²) in [5, 5.41) is 7.42. The zero-order valence-electron chi connectivity index (χ0n) is 17.7. The molecule has 0 saturated carbocycles. The lowest BCUT2D eigenvalue weighted by atomic mass is 10.1. The second kappa shape index (κ2) is 11.6. The summed E-state index contributed by atoms with van der Waals surface area (Å²) in [6.07, 6.45) is 4.27. The predicted molar refractivity (Wildman–Crippen MR) is 124 cm³/mol. The highest BCUT2D eigenvalue weighted by Crippen LogP contribution is 2.15. The maximum absolute atomic E-state index is 12.6. The Labute approximate surface area is 184 Å². The van der Waals surface area contributed by atoms with Crippen molar-refractivity contribution in [3.63, 3.8) is 0 Å². The molecule has 0 bridgehead atoms. The van der Waals surface area contributed by atoms with Gasteiger partial charge in [-0.2, -0.15) is 0 Å². The minimum atomic E-state index is 0.138. The topological polar surface area (TPSA) is 56.7 Å². The van der Waals surface area contributed by atoms with E-state index in [9.17, 15) is 4.79 Å². The Kier molecular flexibility index (Phi) is 8.57. The largest absolute Gasteiger partial charge is 0.357 e. The van der Waals surface area contributed by atoms with E-state index in [0.29, 0.717) is 6.54 Å². The van der Waals surface area contributed by atoms with Crippen LogP contribution < -0.4 is 10.6 Å². The van der Waals surface area contributed by atoms with Crippen LogP contribution in [-0.2, 0) is 13.0 Å². The highest BCUT2D eigenvalue weighted by molar-refractivity contribution is 6.31. The molecule has 2 aromatic carbocycles. The molecule has 0 aliphatic carbocycles. The van der Waals surface area contributed by atoms with Crippen LogP contribution in [0.5, 0.6) is 0 Å². The molecular weight excluding hydrogens is 396 g/mol. The number of hydrogen-bond donors (Lipinski definition) is 2. The summed E-state index contributed by atoms with van der Waals surface area (Å²) in [5.74, 6) is 0.914. The highest BCUT2D eigenvalue weighted by Gasteiger charge is 2.17. The van der Waals surface area contributed by atoms with Gasteiger partial charge in [-0.15, -0.1) is 0 Å². The lowest BCUT2D eigenvalue weighted by molar-refractivity contribution is 0.0724. The van der Waals surface area contributed by atoms with Crippen molar-refractivity contribution in [2.24, 2.45) is 4.99 Å². The summed E-state index contributed by atoms with van der Waals surface area (Å²) in [6, 6.07) is 15.7. The van der Waals surface area contributed by atoms with Crippen molar-refractivity contribution in [1.29, 1.82) is 0 Å². The molecule has 1 aliphatic rings. The number of nitrogens with one attached hydrogen (secondary N) is 2. The fourth-order valence-corrected chi connectivity index (χ4v) is 3.79.